The first-order valence-corrected chi connectivity index (χ1v) is 10.5. The summed E-state index contributed by atoms with van der Waals surface area (Å²) in [5.41, 5.74) is 2.42. The van der Waals surface area contributed by atoms with Crippen molar-refractivity contribution in [2.45, 2.75) is 13.2 Å². The summed E-state index contributed by atoms with van der Waals surface area (Å²) in [7, 11) is 3.25. The lowest BCUT2D eigenvalue weighted by Gasteiger charge is -2.18. The van der Waals surface area contributed by atoms with E-state index in [9.17, 15) is 4.79 Å². The molecule has 0 atom stereocenters. The molecule has 3 N–H and O–H groups in total. The van der Waals surface area contributed by atoms with E-state index in [2.05, 4.69) is 35.9 Å². The molecule has 1 aliphatic heterocycles. The van der Waals surface area contributed by atoms with Crippen molar-refractivity contribution >= 4 is 28.9 Å². The molecule has 1 amide bonds. The summed E-state index contributed by atoms with van der Waals surface area (Å²) in [6, 6.07) is 10.6. The second kappa shape index (κ2) is 9.35. The Labute approximate surface area is 204 Å². The summed E-state index contributed by atoms with van der Waals surface area (Å²) in [6.45, 7) is -2.24. The van der Waals surface area contributed by atoms with E-state index in [4.69, 9.17) is 13.6 Å². The molecule has 1 aliphatic rings. The molecule has 4 heterocycles. The van der Waals surface area contributed by atoms with Crippen LogP contribution in [0, 0.1) is 0 Å². The van der Waals surface area contributed by atoms with Crippen molar-refractivity contribution < 1.29 is 18.4 Å². The Hall–Kier alpha value is -4.58. The summed E-state index contributed by atoms with van der Waals surface area (Å²) in [6.07, 6.45) is 1.57. The number of carbonyl (C=O) groups excluding carboxylic acids is 1. The maximum Gasteiger partial charge on any atom is 0.273 e. The van der Waals surface area contributed by atoms with Gasteiger partial charge in [-0.2, -0.15) is 5.10 Å². The van der Waals surface area contributed by atoms with Crippen LogP contribution in [0.2, 0.25) is 0 Å². The van der Waals surface area contributed by atoms with Gasteiger partial charge >= 0.3 is 0 Å². The zero-order valence-electron chi connectivity index (χ0n) is 21.9. The number of methoxy groups -OCH3 is 1. The van der Waals surface area contributed by atoms with Gasteiger partial charge in [0.15, 0.2) is 23.1 Å². The highest BCUT2D eigenvalue weighted by Crippen LogP contribution is 2.39. The minimum absolute atomic E-state index is 0.175. The monoisotopic (exact) mass is 476 g/mol. The normalized spacial score (nSPS) is 14.3. The summed E-state index contributed by atoms with van der Waals surface area (Å²) < 4.78 is 35.5. The quantitative estimate of drug-likeness (QED) is 0.404. The Balaban J connectivity index is 1.67. The second-order valence-electron chi connectivity index (χ2n) is 7.67. The zero-order valence-corrected chi connectivity index (χ0v) is 18.9. The molecule has 0 unspecified atom stereocenters. The zero-order chi connectivity index (χ0) is 26.9. The first kappa shape index (κ1) is 18.8. The highest BCUT2D eigenvalue weighted by molar-refractivity contribution is 5.99. The lowest BCUT2D eigenvalue weighted by molar-refractivity contribution is 0.0958. The molecule has 0 spiro atoms. The molecule has 0 saturated carbocycles. The number of amides is 1. The first-order chi connectivity index (χ1) is 18.2. The Bertz CT molecular complexity index is 1510. The van der Waals surface area contributed by atoms with Crippen LogP contribution in [0.25, 0.3) is 11.4 Å². The van der Waals surface area contributed by atoms with E-state index in [1.807, 2.05) is 23.5 Å². The maximum absolute atomic E-state index is 12.8. The van der Waals surface area contributed by atoms with Gasteiger partial charge in [-0.15, -0.1) is 10.2 Å². The second-order valence-corrected chi connectivity index (χ2v) is 7.67. The van der Waals surface area contributed by atoms with E-state index in [1.165, 1.54) is 13.2 Å². The fourth-order valence-electron chi connectivity index (χ4n) is 3.67. The highest BCUT2D eigenvalue weighted by Gasteiger charge is 2.21. The first-order valence-electron chi connectivity index (χ1n) is 12.0. The smallest absolute Gasteiger partial charge is 0.273 e. The largest absolute Gasteiger partial charge is 0.494 e. The fraction of sp³-hybridized carbons (Fsp3) is 0.217. The Kier molecular flexibility index (Phi) is 5.02. The maximum atomic E-state index is 12.8. The molecule has 4 aromatic rings. The van der Waals surface area contributed by atoms with Gasteiger partial charge in [0.05, 0.1) is 43.0 Å². The van der Waals surface area contributed by atoms with E-state index >= 15 is 0 Å². The number of hydrogen-bond donors (Lipinski definition) is 3. The van der Waals surface area contributed by atoms with Crippen molar-refractivity contribution in [1.82, 2.24) is 35.3 Å². The number of rotatable bonds is 3. The van der Waals surface area contributed by atoms with Gasteiger partial charge in [0.2, 0.25) is 0 Å². The predicted octanol–water partition coefficient (Wildman–Crippen LogP) is 2.55. The number of pyridine rings is 1. The van der Waals surface area contributed by atoms with Gasteiger partial charge < -0.3 is 25.4 Å². The molecule has 178 valence electrons. The number of fused-ring (bicyclic) bond motifs is 6. The van der Waals surface area contributed by atoms with Crippen molar-refractivity contribution in [3.05, 3.63) is 59.7 Å². The fourth-order valence-corrected chi connectivity index (χ4v) is 3.67. The highest BCUT2D eigenvalue weighted by atomic mass is 16.5. The number of nitrogens with one attached hydrogen (secondary N) is 3. The molecule has 5 rings (SSSR count). The van der Waals surface area contributed by atoms with Crippen LogP contribution in [0.15, 0.2) is 42.7 Å². The van der Waals surface area contributed by atoms with Gasteiger partial charge in [-0.3, -0.25) is 9.48 Å². The van der Waals surface area contributed by atoms with Crippen molar-refractivity contribution in [2.24, 2.45) is 7.05 Å². The van der Waals surface area contributed by atoms with Gasteiger partial charge in [-0.1, -0.05) is 6.07 Å². The number of ether oxygens (including phenoxy) is 2. The minimum atomic E-state index is -2.72. The summed E-state index contributed by atoms with van der Waals surface area (Å²) >= 11 is 0. The number of anilines is 4. The molecule has 12 nitrogen and oxygen atoms in total. The lowest BCUT2D eigenvalue weighted by atomic mass is 10.1. The number of carbonyl (C=O) groups is 1. The van der Waals surface area contributed by atoms with Crippen molar-refractivity contribution in [3.8, 4) is 17.1 Å². The van der Waals surface area contributed by atoms with Gasteiger partial charge in [-0.05, 0) is 29.8 Å². The Morgan fingerprint density at radius 1 is 1.17 bits per heavy atom. The minimum Gasteiger partial charge on any atom is -0.494 e. The predicted molar refractivity (Wildman–Crippen MR) is 128 cm³/mol. The third-order valence-electron chi connectivity index (χ3n) is 5.17. The van der Waals surface area contributed by atoms with Crippen LogP contribution in [0.5, 0.6) is 5.75 Å². The Morgan fingerprint density at radius 3 is 2.89 bits per heavy atom. The average Bonchev–Trinajstić information content (AvgIpc) is 3.29. The average molecular weight is 477 g/mol. The molecule has 0 saturated heterocycles. The molecular formula is C23H23N9O3. The number of aromatic nitrogens is 6. The number of aryl methyl sites for hydroxylation is 1. The molecular weight excluding hydrogens is 450 g/mol. The van der Waals surface area contributed by atoms with Crippen LogP contribution in [-0.2, 0) is 25.0 Å². The van der Waals surface area contributed by atoms with E-state index in [0.717, 1.165) is 5.56 Å². The molecule has 1 aromatic carbocycles. The molecule has 35 heavy (non-hydrogen) atoms. The van der Waals surface area contributed by atoms with Gasteiger partial charge in [0, 0.05) is 24.2 Å². The van der Waals surface area contributed by atoms with Crippen LogP contribution in [0.1, 0.15) is 25.9 Å². The lowest BCUT2D eigenvalue weighted by Crippen LogP contribution is -2.21. The SMILES string of the molecule is [2H]C([2H])([2H])NC(=O)c1nnc2cc1Nc1cc(cc(-c3ncn(C)n3)c1OC)COCc1cccc(n1)N2. The van der Waals surface area contributed by atoms with Crippen LogP contribution in [0.4, 0.5) is 23.0 Å². The van der Waals surface area contributed by atoms with Crippen LogP contribution in [-0.4, -0.2) is 49.9 Å². The summed E-state index contributed by atoms with van der Waals surface area (Å²) in [5.74, 6) is 0.635. The molecule has 0 aliphatic carbocycles. The van der Waals surface area contributed by atoms with Crippen molar-refractivity contribution in [2.75, 3.05) is 24.7 Å². The van der Waals surface area contributed by atoms with Gasteiger partial charge in [-0.25, -0.2) is 9.97 Å². The standard InChI is InChI=1S/C23H23N9O3/c1-24-23(33)20-16-9-19(29-30-20)28-18-6-4-5-14(26-18)11-35-10-13-7-15(22-25-12-32(2)31-22)21(34-3)17(8-13)27-16/h4-9,12,27H,10-11H2,1-3H3,(H,24,33)(H,26,28,29)/i1D3. The van der Waals surface area contributed by atoms with E-state index < -0.39 is 12.9 Å². The van der Waals surface area contributed by atoms with Crippen LogP contribution >= 0.6 is 0 Å². The summed E-state index contributed by atoms with van der Waals surface area (Å²) in [5, 5.41) is 20.6. The molecule has 3 aromatic heterocycles. The van der Waals surface area contributed by atoms with Gasteiger partial charge in [0.25, 0.3) is 5.91 Å². The molecule has 6 bridgehead atoms. The van der Waals surface area contributed by atoms with E-state index in [-0.39, 0.29) is 30.4 Å². The van der Waals surface area contributed by atoms with Crippen LogP contribution < -0.4 is 20.7 Å². The molecule has 0 fully saturated rings. The summed E-state index contributed by atoms with van der Waals surface area (Å²) in [4.78, 5) is 21.7. The topological polar surface area (TPSA) is 141 Å². The third-order valence-corrected chi connectivity index (χ3v) is 5.17. The van der Waals surface area contributed by atoms with Crippen LogP contribution in [0.3, 0.4) is 0 Å². The molecule has 12 heteroatoms. The third kappa shape index (κ3) is 4.59. The van der Waals surface area contributed by atoms with Crippen molar-refractivity contribution in [1.29, 1.82) is 0 Å². The van der Waals surface area contributed by atoms with Crippen molar-refractivity contribution in [3.63, 3.8) is 0 Å². The van der Waals surface area contributed by atoms with Gasteiger partial charge in [0.1, 0.15) is 12.1 Å². The number of hydrogen-bond acceptors (Lipinski definition) is 10. The number of nitrogens with zero attached hydrogens (tertiary/aromatic N) is 6. The van der Waals surface area contributed by atoms with E-state index in [0.29, 0.717) is 34.3 Å². The number of benzene rings is 1. The Morgan fingerprint density at radius 2 is 2.09 bits per heavy atom. The van der Waals surface area contributed by atoms with E-state index in [1.54, 1.807) is 30.2 Å². The molecule has 0 radical (unpaired) electrons.